The molecule has 31 heavy (non-hydrogen) atoms. The van der Waals surface area contributed by atoms with Gasteiger partial charge in [0.15, 0.2) is 0 Å². The van der Waals surface area contributed by atoms with Crippen molar-refractivity contribution in [3.05, 3.63) is 52.5 Å². The highest BCUT2D eigenvalue weighted by molar-refractivity contribution is 7.89. The van der Waals surface area contributed by atoms with E-state index >= 15 is 0 Å². The van der Waals surface area contributed by atoms with Crippen LogP contribution in [0.5, 0.6) is 11.5 Å². The molecule has 2 aromatic carbocycles. The van der Waals surface area contributed by atoms with Crippen LogP contribution in [0.1, 0.15) is 17.5 Å². The average molecular weight is 467 g/mol. The number of hydrogen-bond donors (Lipinski definition) is 0. The zero-order chi connectivity index (χ0) is 22.6. The lowest BCUT2D eigenvalue weighted by Crippen LogP contribution is -2.50. The molecule has 1 heterocycles. The van der Waals surface area contributed by atoms with E-state index in [1.165, 1.54) is 24.6 Å². The lowest BCUT2D eigenvalue weighted by atomic mass is 10.1. The third kappa shape index (κ3) is 5.31. The van der Waals surface area contributed by atoms with E-state index in [9.17, 15) is 13.2 Å². The Hall–Kier alpha value is -2.29. The Morgan fingerprint density at radius 1 is 1.03 bits per heavy atom. The Kier molecular flexibility index (Phi) is 7.46. The molecule has 168 valence electrons. The molecule has 1 aliphatic rings. The summed E-state index contributed by atoms with van der Waals surface area (Å²) in [5, 5.41) is 0.691. The summed E-state index contributed by atoms with van der Waals surface area (Å²) in [6.07, 6.45) is 0.953. The first kappa shape index (κ1) is 23.4. The van der Waals surface area contributed by atoms with E-state index < -0.39 is 10.0 Å². The summed E-state index contributed by atoms with van der Waals surface area (Å²) in [6, 6.07) is 10.5. The first-order valence-electron chi connectivity index (χ1n) is 10.0. The molecule has 2 aromatic rings. The Morgan fingerprint density at radius 2 is 1.74 bits per heavy atom. The van der Waals surface area contributed by atoms with Crippen LogP contribution in [0.25, 0.3) is 0 Å². The van der Waals surface area contributed by atoms with Crippen molar-refractivity contribution in [1.29, 1.82) is 0 Å². The van der Waals surface area contributed by atoms with E-state index in [0.717, 1.165) is 11.1 Å². The molecule has 0 bridgehead atoms. The zero-order valence-electron chi connectivity index (χ0n) is 17.9. The number of hydrogen-bond acceptors (Lipinski definition) is 5. The van der Waals surface area contributed by atoms with Crippen molar-refractivity contribution in [2.45, 2.75) is 24.7 Å². The summed E-state index contributed by atoms with van der Waals surface area (Å²) in [5.74, 6) is 0.702. The maximum atomic E-state index is 13.2. The topological polar surface area (TPSA) is 76.2 Å². The van der Waals surface area contributed by atoms with Crippen LogP contribution in [-0.4, -0.2) is 63.9 Å². The van der Waals surface area contributed by atoms with Gasteiger partial charge >= 0.3 is 0 Å². The van der Waals surface area contributed by atoms with Crippen molar-refractivity contribution in [2.24, 2.45) is 0 Å². The highest BCUT2D eigenvalue weighted by atomic mass is 35.5. The molecule has 1 amide bonds. The van der Waals surface area contributed by atoms with Crippen molar-refractivity contribution < 1.29 is 22.7 Å². The van der Waals surface area contributed by atoms with Gasteiger partial charge in [0.25, 0.3) is 0 Å². The molecule has 0 spiro atoms. The first-order valence-corrected chi connectivity index (χ1v) is 11.8. The number of carbonyl (C=O) groups is 1. The lowest BCUT2D eigenvalue weighted by molar-refractivity contribution is -0.132. The minimum Gasteiger partial charge on any atom is -0.497 e. The Balaban J connectivity index is 1.62. The van der Waals surface area contributed by atoms with Gasteiger partial charge in [-0.15, -0.1) is 0 Å². The summed E-state index contributed by atoms with van der Waals surface area (Å²) in [5.41, 5.74) is 2.01. The minimum atomic E-state index is -3.77. The van der Waals surface area contributed by atoms with Crippen molar-refractivity contribution in [1.82, 2.24) is 9.21 Å². The first-order chi connectivity index (χ1) is 14.8. The predicted octanol–water partition coefficient (Wildman–Crippen LogP) is 3.13. The molecule has 0 atom stereocenters. The maximum absolute atomic E-state index is 13.2. The number of halogens is 1. The van der Waals surface area contributed by atoms with Gasteiger partial charge in [-0.3, -0.25) is 4.79 Å². The SMILES string of the molecule is COc1ccc(OC)c(S(=O)(=O)N2CCN(C(=O)CCc3ccc(C)c(Cl)c3)CC2)c1. The van der Waals surface area contributed by atoms with E-state index in [1.54, 1.807) is 17.0 Å². The van der Waals surface area contributed by atoms with Gasteiger partial charge in [0.1, 0.15) is 16.4 Å². The fraction of sp³-hybridized carbons (Fsp3) is 0.409. The number of ether oxygens (including phenoxy) is 2. The molecule has 0 unspecified atom stereocenters. The van der Waals surface area contributed by atoms with Crippen molar-refractivity contribution in [2.75, 3.05) is 40.4 Å². The summed E-state index contributed by atoms with van der Waals surface area (Å²) in [7, 11) is -0.866. The van der Waals surface area contributed by atoms with Crippen LogP contribution in [-0.2, 0) is 21.2 Å². The molecule has 1 fully saturated rings. The number of sulfonamides is 1. The standard InChI is InChI=1S/C22H27ClN2O5S/c1-16-4-5-17(14-19(16)23)6-9-22(26)24-10-12-25(13-11-24)31(27,28)21-15-18(29-2)7-8-20(21)30-3/h4-5,7-8,14-15H,6,9-13H2,1-3H3. The summed E-state index contributed by atoms with van der Waals surface area (Å²) >= 11 is 6.15. The Morgan fingerprint density at radius 3 is 2.35 bits per heavy atom. The van der Waals surface area contributed by atoms with Gasteiger partial charge in [0, 0.05) is 43.7 Å². The molecular weight excluding hydrogens is 440 g/mol. The molecule has 7 nitrogen and oxygen atoms in total. The van der Waals surface area contributed by atoms with Crippen LogP contribution < -0.4 is 9.47 Å². The molecule has 1 aliphatic heterocycles. The number of methoxy groups -OCH3 is 2. The van der Waals surface area contributed by atoms with Crippen LogP contribution in [0, 0.1) is 6.92 Å². The normalized spacial score (nSPS) is 15.0. The summed E-state index contributed by atoms with van der Waals surface area (Å²) in [6.45, 7) is 3.08. The molecular formula is C22H27ClN2O5S. The van der Waals surface area contributed by atoms with E-state index in [2.05, 4.69) is 0 Å². The van der Waals surface area contributed by atoms with Gasteiger partial charge in [0.2, 0.25) is 15.9 Å². The monoisotopic (exact) mass is 466 g/mol. The van der Waals surface area contributed by atoms with Crippen LogP contribution >= 0.6 is 11.6 Å². The third-order valence-electron chi connectivity index (χ3n) is 5.44. The van der Waals surface area contributed by atoms with E-state index in [0.29, 0.717) is 36.7 Å². The van der Waals surface area contributed by atoms with E-state index in [-0.39, 0.29) is 29.6 Å². The molecule has 0 N–H and O–H groups in total. The largest absolute Gasteiger partial charge is 0.497 e. The lowest BCUT2D eigenvalue weighted by Gasteiger charge is -2.34. The second kappa shape index (κ2) is 9.89. The van der Waals surface area contributed by atoms with Gasteiger partial charge in [-0.1, -0.05) is 23.7 Å². The Labute approximate surface area is 188 Å². The molecule has 0 aliphatic carbocycles. The van der Waals surface area contributed by atoms with Crippen LogP contribution in [0.4, 0.5) is 0 Å². The van der Waals surface area contributed by atoms with Gasteiger partial charge in [-0.05, 0) is 42.7 Å². The highest BCUT2D eigenvalue weighted by Gasteiger charge is 2.32. The average Bonchev–Trinajstić information content (AvgIpc) is 2.79. The smallest absolute Gasteiger partial charge is 0.247 e. The van der Waals surface area contributed by atoms with Crippen molar-refractivity contribution >= 4 is 27.5 Å². The molecule has 0 radical (unpaired) electrons. The van der Waals surface area contributed by atoms with Crippen LogP contribution in [0.2, 0.25) is 5.02 Å². The number of benzene rings is 2. The number of piperazine rings is 1. The van der Waals surface area contributed by atoms with Crippen LogP contribution in [0.3, 0.4) is 0 Å². The number of rotatable bonds is 7. The predicted molar refractivity (Wildman–Crippen MR) is 119 cm³/mol. The summed E-state index contributed by atoms with van der Waals surface area (Å²) < 4.78 is 38.1. The van der Waals surface area contributed by atoms with Crippen molar-refractivity contribution in [3.63, 3.8) is 0 Å². The summed E-state index contributed by atoms with van der Waals surface area (Å²) in [4.78, 5) is 14.4. The zero-order valence-corrected chi connectivity index (χ0v) is 19.5. The van der Waals surface area contributed by atoms with E-state index in [4.69, 9.17) is 21.1 Å². The molecule has 0 saturated carbocycles. The molecule has 1 saturated heterocycles. The number of nitrogens with zero attached hydrogens (tertiary/aromatic N) is 2. The van der Waals surface area contributed by atoms with Crippen molar-refractivity contribution in [3.8, 4) is 11.5 Å². The maximum Gasteiger partial charge on any atom is 0.247 e. The number of aryl methyl sites for hydroxylation is 2. The fourth-order valence-electron chi connectivity index (χ4n) is 3.50. The van der Waals surface area contributed by atoms with Gasteiger partial charge < -0.3 is 14.4 Å². The number of amides is 1. The second-order valence-corrected chi connectivity index (χ2v) is 9.70. The van der Waals surface area contributed by atoms with Gasteiger partial charge in [-0.25, -0.2) is 8.42 Å². The fourth-order valence-corrected chi connectivity index (χ4v) is 5.30. The second-order valence-electron chi connectivity index (χ2n) is 7.39. The quantitative estimate of drug-likeness (QED) is 0.626. The highest BCUT2D eigenvalue weighted by Crippen LogP contribution is 2.31. The minimum absolute atomic E-state index is 0.00714. The molecule has 0 aromatic heterocycles. The van der Waals surface area contributed by atoms with E-state index in [1.807, 2.05) is 25.1 Å². The Bertz CT molecular complexity index is 1050. The third-order valence-corrected chi connectivity index (χ3v) is 7.77. The van der Waals surface area contributed by atoms with Gasteiger partial charge in [-0.2, -0.15) is 4.31 Å². The van der Waals surface area contributed by atoms with Crippen LogP contribution in [0.15, 0.2) is 41.3 Å². The van der Waals surface area contributed by atoms with Gasteiger partial charge in [0.05, 0.1) is 14.2 Å². The number of carbonyl (C=O) groups excluding carboxylic acids is 1. The molecule has 3 rings (SSSR count). The molecule has 9 heteroatoms.